The summed E-state index contributed by atoms with van der Waals surface area (Å²) in [5, 5.41) is 4.60. The van der Waals surface area contributed by atoms with Gasteiger partial charge in [-0.15, -0.1) is 0 Å². The fourth-order valence-corrected chi connectivity index (χ4v) is 7.08. The molecule has 0 N–H and O–H groups in total. The van der Waals surface area contributed by atoms with Gasteiger partial charge in [0.25, 0.3) is 0 Å². The first kappa shape index (κ1) is 27.9. The minimum absolute atomic E-state index is 0.862. The molecule has 0 spiro atoms. The summed E-state index contributed by atoms with van der Waals surface area (Å²) in [6, 6.07) is 66.7. The Morgan fingerprint density at radius 3 is 1.58 bits per heavy atom. The zero-order valence-electron chi connectivity index (χ0n) is 26.3. The van der Waals surface area contributed by atoms with E-state index in [2.05, 4.69) is 193 Å². The second-order valence-electron chi connectivity index (χ2n) is 12.1. The highest BCUT2D eigenvalue weighted by Crippen LogP contribution is 2.48. The summed E-state index contributed by atoms with van der Waals surface area (Å²) >= 11 is 0. The third kappa shape index (κ3) is 4.74. The average molecular weight is 614 g/mol. The number of anilines is 3. The second kappa shape index (κ2) is 11.8. The number of hydrogen-bond acceptors (Lipinski definition) is 2. The van der Waals surface area contributed by atoms with E-state index in [9.17, 15) is 0 Å². The van der Waals surface area contributed by atoms with E-state index in [0.717, 1.165) is 44.6 Å². The van der Waals surface area contributed by atoms with Gasteiger partial charge in [0.05, 0.1) is 16.8 Å². The second-order valence-corrected chi connectivity index (χ2v) is 12.1. The largest absolute Gasteiger partial charge is 0.456 e. The lowest BCUT2D eigenvalue weighted by atomic mass is 9.94. The molecule has 0 saturated carbocycles. The van der Waals surface area contributed by atoms with Crippen molar-refractivity contribution >= 4 is 49.8 Å². The molecule has 226 valence electrons. The van der Waals surface area contributed by atoms with Crippen molar-refractivity contribution in [2.75, 3.05) is 4.90 Å². The third-order valence-corrected chi connectivity index (χ3v) is 9.27. The monoisotopic (exact) mass is 613 g/mol. The van der Waals surface area contributed by atoms with Gasteiger partial charge < -0.3 is 9.32 Å². The minimum Gasteiger partial charge on any atom is -0.456 e. The van der Waals surface area contributed by atoms with Gasteiger partial charge in [0.1, 0.15) is 11.2 Å². The van der Waals surface area contributed by atoms with Crippen molar-refractivity contribution in [2.24, 2.45) is 0 Å². The van der Waals surface area contributed by atoms with Crippen molar-refractivity contribution in [1.82, 2.24) is 0 Å². The van der Waals surface area contributed by atoms with Crippen molar-refractivity contribution < 1.29 is 4.42 Å². The van der Waals surface area contributed by atoms with E-state index in [0.29, 0.717) is 0 Å². The fourth-order valence-electron chi connectivity index (χ4n) is 7.08. The van der Waals surface area contributed by atoms with Crippen LogP contribution in [0.5, 0.6) is 0 Å². The molecule has 0 saturated heterocycles. The lowest BCUT2D eigenvalue weighted by Gasteiger charge is -2.28. The molecule has 0 unspecified atom stereocenters. The summed E-state index contributed by atoms with van der Waals surface area (Å²) in [6.07, 6.45) is 0. The van der Waals surface area contributed by atoms with Gasteiger partial charge in [0, 0.05) is 16.6 Å². The Labute approximate surface area is 279 Å². The van der Waals surface area contributed by atoms with E-state index in [1.165, 1.54) is 38.6 Å². The molecule has 2 nitrogen and oxygen atoms in total. The van der Waals surface area contributed by atoms with Crippen LogP contribution < -0.4 is 4.90 Å². The molecule has 1 aromatic heterocycles. The van der Waals surface area contributed by atoms with Crippen LogP contribution >= 0.6 is 0 Å². The quantitative estimate of drug-likeness (QED) is 0.185. The molecule has 9 aromatic rings. The van der Waals surface area contributed by atoms with E-state index in [4.69, 9.17) is 4.42 Å². The first-order valence-electron chi connectivity index (χ1n) is 16.4. The van der Waals surface area contributed by atoms with Gasteiger partial charge in [-0.05, 0) is 75.0 Å². The predicted molar refractivity (Wildman–Crippen MR) is 202 cm³/mol. The highest BCUT2D eigenvalue weighted by molar-refractivity contribution is 6.25. The highest BCUT2D eigenvalue weighted by Gasteiger charge is 2.23. The van der Waals surface area contributed by atoms with E-state index in [1.54, 1.807) is 0 Å². The SMILES string of the molecule is c1ccc(-c2ccc(N(c3ccccc3-c3ccccc3)c3cccc4oc5cc(-c6ccccc6)c6ccccc6c5c34)cc2)cc1. The average Bonchev–Trinajstić information content (AvgIpc) is 3.56. The van der Waals surface area contributed by atoms with Crippen molar-refractivity contribution in [2.45, 2.75) is 0 Å². The van der Waals surface area contributed by atoms with E-state index in [-0.39, 0.29) is 0 Å². The molecule has 0 fully saturated rings. The molecule has 0 radical (unpaired) electrons. The van der Waals surface area contributed by atoms with Gasteiger partial charge in [0.15, 0.2) is 0 Å². The Hall–Kier alpha value is -6.38. The molecule has 0 atom stereocenters. The Morgan fingerprint density at radius 1 is 0.333 bits per heavy atom. The van der Waals surface area contributed by atoms with E-state index < -0.39 is 0 Å². The lowest BCUT2D eigenvalue weighted by Crippen LogP contribution is -2.11. The van der Waals surface area contributed by atoms with Crippen LogP contribution in [-0.2, 0) is 0 Å². The predicted octanol–water partition coefficient (Wildman–Crippen LogP) is 13.2. The van der Waals surface area contributed by atoms with Crippen LogP contribution in [0.15, 0.2) is 192 Å². The standard InChI is InChI=1S/C46H31NO/c1-4-15-32(16-5-1)33-27-29-36(30-28-33)47(41-24-13-12-21-37(41)34-17-6-2-7-18-34)42-25-14-26-43-46(42)45-39-23-11-10-22-38(39)40(31-44(45)48-43)35-19-8-3-9-20-35/h1-31H. The van der Waals surface area contributed by atoms with Crippen molar-refractivity contribution in [1.29, 1.82) is 0 Å². The summed E-state index contributed by atoms with van der Waals surface area (Å²) in [4.78, 5) is 2.40. The summed E-state index contributed by atoms with van der Waals surface area (Å²) < 4.78 is 6.75. The molecular weight excluding hydrogens is 583 g/mol. The maximum absolute atomic E-state index is 6.75. The normalized spacial score (nSPS) is 11.3. The molecule has 0 bridgehead atoms. The molecule has 48 heavy (non-hydrogen) atoms. The molecule has 0 amide bonds. The molecule has 1 heterocycles. The van der Waals surface area contributed by atoms with Crippen LogP contribution in [0.1, 0.15) is 0 Å². The van der Waals surface area contributed by atoms with E-state index >= 15 is 0 Å². The van der Waals surface area contributed by atoms with Crippen LogP contribution in [0.3, 0.4) is 0 Å². The fraction of sp³-hybridized carbons (Fsp3) is 0. The maximum atomic E-state index is 6.75. The Kier molecular flexibility index (Phi) is 6.84. The molecule has 0 aliphatic rings. The Balaban J connectivity index is 1.34. The number of para-hydroxylation sites is 1. The van der Waals surface area contributed by atoms with Crippen molar-refractivity contribution in [3.05, 3.63) is 188 Å². The van der Waals surface area contributed by atoms with Gasteiger partial charge in [-0.25, -0.2) is 0 Å². The Morgan fingerprint density at radius 2 is 0.875 bits per heavy atom. The van der Waals surface area contributed by atoms with Crippen molar-refractivity contribution in [3.63, 3.8) is 0 Å². The van der Waals surface area contributed by atoms with Crippen LogP contribution in [0.4, 0.5) is 17.1 Å². The topological polar surface area (TPSA) is 16.4 Å². The Bertz CT molecular complexity index is 2530. The summed E-state index contributed by atoms with van der Waals surface area (Å²) in [5.74, 6) is 0. The summed E-state index contributed by atoms with van der Waals surface area (Å²) in [5.41, 5.74) is 12.0. The van der Waals surface area contributed by atoms with Crippen LogP contribution in [-0.4, -0.2) is 0 Å². The number of hydrogen-bond donors (Lipinski definition) is 0. The molecule has 2 heteroatoms. The number of furan rings is 1. The first-order chi connectivity index (χ1) is 23.8. The molecule has 0 aliphatic carbocycles. The smallest absolute Gasteiger partial charge is 0.137 e. The minimum atomic E-state index is 0.862. The van der Waals surface area contributed by atoms with Gasteiger partial charge in [-0.3, -0.25) is 0 Å². The zero-order chi connectivity index (χ0) is 31.9. The van der Waals surface area contributed by atoms with Crippen molar-refractivity contribution in [3.8, 4) is 33.4 Å². The van der Waals surface area contributed by atoms with Gasteiger partial charge >= 0.3 is 0 Å². The van der Waals surface area contributed by atoms with Gasteiger partial charge in [-0.2, -0.15) is 0 Å². The molecule has 9 rings (SSSR count). The van der Waals surface area contributed by atoms with E-state index in [1.807, 2.05) is 0 Å². The highest BCUT2D eigenvalue weighted by atomic mass is 16.3. The van der Waals surface area contributed by atoms with Crippen LogP contribution in [0, 0.1) is 0 Å². The molecule has 8 aromatic carbocycles. The third-order valence-electron chi connectivity index (χ3n) is 9.27. The van der Waals surface area contributed by atoms with Gasteiger partial charge in [0.2, 0.25) is 0 Å². The lowest BCUT2D eigenvalue weighted by molar-refractivity contribution is 0.669. The maximum Gasteiger partial charge on any atom is 0.137 e. The molecule has 0 aliphatic heterocycles. The number of fused-ring (bicyclic) bond motifs is 5. The summed E-state index contributed by atoms with van der Waals surface area (Å²) in [6.45, 7) is 0. The number of nitrogens with zero attached hydrogens (tertiary/aromatic N) is 1. The first-order valence-corrected chi connectivity index (χ1v) is 16.4. The molecular formula is C46H31NO. The van der Waals surface area contributed by atoms with Crippen LogP contribution in [0.2, 0.25) is 0 Å². The zero-order valence-corrected chi connectivity index (χ0v) is 26.3. The van der Waals surface area contributed by atoms with Gasteiger partial charge in [-0.1, -0.05) is 152 Å². The number of rotatable bonds is 6. The van der Waals surface area contributed by atoms with Crippen LogP contribution in [0.25, 0.3) is 66.1 Å². The number of benzene rings is 8. The summed E-state index contributed by atoms with van der Waals surface area (Å²) in [7, 11) is 0.